The number of hydrogen-bond donors (Lipinski definition) is 3. The summed E-state index contributed by atoms with van der Waals surface area (Å²) in [7, 11) is 0. The summed E-state index contributed by atoms with van der Waals surface area (Å²) >= 11 is 1.25. The van der Waals surface area contributed by atoms with E-state index in [1.165, 1.54) is 11.3 Å². The van der Waals surface area contributed by atoms with Gasteiger partial charge in [-0.2, -0.15) is 0 Å². The summed E-state index contributed by atoms with van der Waals surface area (Å²) in [5, 5.41) is 4.83. The molecular weight excluding hydrogens is 254 g/mol. The highest BCUT2D eigenvalue weighted by Gasteiger charge is 2.36. The lowest BCUT2D eigenvalue weighted by molar-refractivity contribution is -0.124. The zero-order chi connectivity index (χ0) is 13.2. The summed E-state index contributed by atoms with van der Waals surface area (Å²) in [5.74, 6) is -0.861. The van der Waals surface area contributed by atoms with Gasteiger partial charge < -0.3 is 21.5 Å². The smallest absolute Gasteiger partial charge is 0.251 e. The fourth-order valence-electron chi connectivity index (χ4n) is 1.79. The fraction of sp³-hybridized carbons (Fsp3) is 0.455. The van der Waals surface area contributed by atoms with Crippen LogP contribution in [0.5, 0.6) is 0 Å². The van der Waals surface area contributed by atoms with Crippen LogP contribution >= 0.6 is 11.3 Å². The second-order valence-electron chi connectivity index (χ2n) is 4.25. The van der Waals surface area contributed by atoms with Crippen LogP contribution in [-0.4, -0.2) is 30.6 Å². The van der Waals surface area contributed by atoms with Crippen molar-refractivity contribution in [2.24, 2.45) is 11.5 Å². The predicted molar refractivity (Wildman–Crippen MR) is 68.4 cm³/mol. The first-order valence-corrected chi connectivity index (χ1v) is 6.46. The Hall–Kier alpha value is -1.44. The van der Waals surface area contributed by atoms with E-state index in [1.807, 2.05) is 0 Å². The summed E-state index contributed by atoms with van der Waals surface area (Å²) in [6.45, 7) is 0.939. The molecule has 1 aliphatic heterocycles. The van der Waals surface area contributed by atoms with E-state index in [0.29, 0.717) is 36.6 Å². The van der Waals surface area contributed by atoms with Crippen LogP contribution in [0.4, 0.5) is 5.00 Å². The van der Waals surface area contributed by atoms with Crippen molar-refractivity contribution in [2.75, 3.05) is 18.5 Å². The van der Waals surface area contributed by atoms with Crippen LogP contribution in [0.3, 0.4) is 0 Å². The van der Waals surface area contributed by atoms with Crippen molar-refractivity contribution in [2.45, 2.75) is 18.4 Å². The molecule has 98 valence electrons. The van der Waals surface area contributed by atoms with Crippen molar-refractivity contribution in [3.05, 3.63) is 17.0 Å². The number of ether oxygens (including phenoxy) is 1. The van der Waals surface area contributed by atoms with Gasteiger partial charge in [0.1, 0.15) is 10.5 Å². The Morgan fingerprint density at radius 1 is 1.39 bits per heavy atom. The Morgan fingerprint density at radius 2 is 2.06 bits per heavy atom. The number of thiophene rings is 1. The van der Waals surface area contributed by atoms with Crippen molar-refractivity contribution < 1.29 is 14.3 Å². The number of nitrogens with two attached hydrogens (primary N) is 2. The molecular formula is C11H15N3O3S. The maximum Gasteiger partial charge on any atom is 0.251 e. The van der Waals surface area contributed by atoms with Gasteiger partial charge >= 0.3 is 0 Å². The minimum atomic E-state index is -0.933. The Balaban J connectivity index is 2.11. The highest BCUT2D eigenvalue weighted by molar-refractivity contribution is 7.14. The van der Waals surface area contributed by atoms with Crippen molar-refractivity contribution in [3.63, 3.8) is 0 Å². The third-order valence-corrected chi connectivity index (χ3v) is 3.82. The van der Waals surface area contributed by atoms with Crippen molar-refractivity contribution >= 4 is 28.2 Å². The van der Waals surface area contributed by atoms with Gasteiger partial charge in [-0.25, -0.2) is 0 Å². The zero-order valence-electron chi connectivity index (χ0n) is 9.77. The van der Waals surface area contributed by atoms with Gasteiger partial charge in [-0.1, -0.05) is 0 Å². The average molecular weight is 269 g/mol. The van der Waals surface area contributed by atoms with Gasteiger partial charge in [0.25, 0.3) is 5.91 Å². The molecule has 2 amide bonds. The number of hydrogen-bond acceptors (Lipinski definition) is 5. The maximum absolute atomic E-state index is 12.1. The average Bonchev–Trinajstić information content (AvgIpc) is 2.78. The molecule has 2 rings (SSSR count). The van der Waals surface area contributed by atoms with Crippen molar-refractivity contribution in [1.82, 2.24) is 0 Å². The van der Waals surface area contributed by atoms with E-state index in [2.05, 4.69) is 5.32 Å². The lowest BCUT2D eigenvalue weighted by Gasteiger charge is -2.31. The van der Waals surface area contributed by atoms with Crippen molar-refractivity contribution in [3.8, 4) is 0 Å². The predicted octanol–water partition coefficient (Wildman–Crippen LogP) is 0.293. The highest BCUT2D eigenvalue weighted by atomic mass is 32.1. The van der Waals surface area contributed by atoms with Crippen LogP contribution in [0.1, 0.15) is 23.2 Å². The van der Waals surface area contributed by atoms with Crippen LogP contribution in [0.2, 0.25) is 0 Å². The van der Waals surface area contributed by atoms with Gasteiger partial charge in [-0.05, 0) is 24.3 Å². The Labute approximate surface area is 108 Å². The van der Waals surface area contributed by atoms with Gasteiger partial charge in [0.05, 0.1) is 5.56 Å². The molecule has 1 aromatic heterocycles. The summed E-state index contributed by atoms with van der Waals surface area (Å²) in [4.78, 5) is 23.3. The third kappa shape index (κ3) is 2.53. The number of carbonyl (C=O) groups is 2. The molecule has 0 unspecified atom stereocenters. The summed E-state index contributed by atoms with van der Waals surface area (Å²) in [6, 6.07) is 1.58. The minimum absolute atomic E-state index is 0.296. The molecule has 18 heavy (non-hydrogen) atoms. The van der Waals surface area contributed by atoms with E-state index < -0.39 is 11.4 Å². The molecule has 0 radical (unpaired) electrons. The summed E-state index contributed by atoms with van der Waals surface area (Å²) < 4.78 is 5.18. The van der Waals surface area contributed by atoms with Crippen LogP contribution in [0, 0.1) is 0 Å². The molecule has 1 fully saturated rings. The van der Waals surface area contributed by atoms with E-state index in [0.717, 1.165) is 0 Å². The van der Waals surface area contributed by atoms with Crippen LogP contribution < -0.4 is 16.8 Å². The van der Waals surface area contributed by atoms with Gasteiger partial charge in [0, 0.05) is 13.2 Å². The number of primary amides is 1. The van der Waals surface area contributed by atoms with Gasteiger partial charge in [0.15, 0.2) is 0 Å². The SMILES string of the molecule is NC(=O)c1ccsc1NC(=O)C1(N)CCOCC1. The Kier molecular flexibility index (Phi) is 3.65. The van der Waals surface area contributed by atoms with Crippen LogP contribution in [-0.2, 0) is 9.53 Å². The molecule has 5 N–H and O–H groups in total. The summed E-state index contributed by atoms with van der Waals surface area (Å²) in [6.07, 6.45) is 0.937. The van der Waals surface area contributed by atoms with Crippen LogP contribution in [0.15, 0.2) is 11.4 Å². The number of carbonyl (C=O) groups excluding carboxylic acids is 2. The largest absolute Gasteiger partial charge is 0.381 e. The van der Waals surface area contributed by atoms with E-state index in [1.54, 1.807) is 11.4 Å². The molecule has 0 atom stereocenters. The quantitative estimate of drug-likeness (QED) is 0.733. The van der Waals surface area contributed by atoms with Crippen molar-refractivity contribution in [1.29, 1.82) is 0 Å². The molecule has 1 aliphatic rings. The number of amides is 2. The molecule has 0 spiro atoms. The van der Waals surface area contributed by atoms with E-state index in [-0.39, 0.29) is 5.91 Å². The molecule has 2 heterocycles. The molecule has 1 saturated heterocycles. The van der Waals surface area contributed by atoms with Gasteiger partial charge in [0.2, 0.25) is 5.91 Å². The number of rotatable bonds is 3. The highest BCUT2D eigenvalue weighted by Crippen LogP contribution is 2.26. The molecule has 1 aromatic rings. The molecule has 0 saturated carbocycles. The number of anilines is 1. The zero-order valence-corrected chi connectivity index (χ0v) is 10.6. The number of nitrogens with one attached hydrogen (secondary N) is 1. The lowest BCUT2D eigenvalue weighted by atomic mass is 9.90. The second kappa shape index (κ2) is 5.05. The third-order valence-electron chi connectivity index (χ3n) is 2.99. The first-order valence-electron chi connectivity index (χ1n) is 5.58. The van der Waals surface area contributed by atoms with Gasteiger partial charge in [-0.3, -0.25) is 9.59 Å². The Morgan fingerprint density at radius 3 is 2.67 bits per heavy atom. The normalized spacial score (nSPS) is 18.3. The molecule has 7 heteroatoms. The monoisotopic (exact) mass is 269 g/mol. The first kappa shape index (κ1) is 13.0. The van der Waals surface area contributed by atoms with E-state index >= 15 is 0 Å². The maximum atomic E-state index is 12.1. The molecule has 0 bridgehead atoms. The minimum Gasteiger partial charge on any atom is -0.381 e. The van der Waals surface area contributed by atoms with Gasteiger partial charge in [-0.15, -0.1) is 11.3 Å². The van der Waals surface area contributed by atoms with E-state index in [9.17, 15) is 9.59 Å². The summed E-state index contributed by atoms with van der Waals surface area (Å²) in [5.41, 5.74) is 10.6. The second-order valence-corrected chi connectivity index (χ2v) is 5.17. The molecule has 0 aliphatic carbocycles. The topological polar surface area (TPSA) is 107 Å². The van der Waals surface area contributed by atoms with E-state index in [4.69, 9.17) is 16.2 Å². The fourth-order valence-corrected chi connectivity index (χ4v) is 2.58. The molecule has 6 nitrogen and oxygen atoms in total. The standard InChI is InChI=1S/C11H15N3O3S/c12-8(15)7-1-6-18-9(7)14-10(16)11(13)2-4-17-5-3-11/h1,6H,2-5,13H2,(H2,12,15)(H,14,16). The lowest BCUT2D eigenvalue weighted by Crippen LogP contribution is -2.54. The Bertz CT molecular complexity index is 466. The molecule has 0 aromatic carbocycles. The van der Waals surface area contributed by atoms with Crippen LogP contribution in [0.25, 0.3) is 0 Å². The first-order chi connectivity index (χ1) is 8.53.